The van der Waals surface area contributed by atoms with Crippen LogP contribution in [0.1, 0.15) is 52.4 Å². The molecule has 3 N–H and O–H groups in total. The van der Waals surface area contributed by atoms with Crippen molar-refractivity contribution in [3.8, 4) is 0 Å². The summed E-state index contributed by atoms with van der Waals surface area (Å²) in [5, 5.41) is 2.70. The molecule has 1 heterocycles. The van der Waals surface area contributed by atoms with Gasteiger partial charge in [-0.2, -0.15) is 0 Å². The number of hydrogen-bond donors (Lipinski definition) is 2. The smallest absolute Gasteiger partial charge is 0.242 e. The summed E-state index contributed by atoms with van der Waals surface area (Å²) >= 11 is 0. The van der Waals surface area contributed by atoms with Gasteiger partial charge >= 0.3 is 0 Å². The van der Waals surface area contributed by atoms with Gasteiger partial charge in [-0.1, -0.05) is 26.7 Å². The van der Waals surface area contributed by atoms with Gasteiger partial charge in [-0.25, -0.2) is 0 Å². The average Bonchev–Trinajstić information content (AvgIpc) is 3.21. The molecule has 2 atom stereocenters. The molecule has 2 rings (SSSR count). The van der Waals surface area contributed by atoms with Crippen molar-refractivity contribution in [3.63, 3.8) is 0 Å². The Hall–Kier alpha value is -1.14. The molecule has 2 amide bonds. The maximum Gasteiger partial charge on any atom is 0.242 e. The number of ether oxygens (including phenoxy) is 1. The summed E-state index contributed by atoms with van der Waals surface area (Å²) in [6.07, 6.45) is 6.68. The van der Waals surface area contributed by atoms with Gasteiger partial charge in [0.15, 0.2) is 0 Å². The second-order valence-electron chi connectivity index (χ2n) is 7.11. The van der Waals surface area contributed by atoms with Crippen LogP contribution in [0.2, 0.25) is 0 Å². The van der Waals surface area contributed by atoms with Crippen molar-refractivity contribution in [2.45, 2.75) is 70.6 Å². The Kier molecular flexibility index (Phi) is 6.84. The van der Waals surface area contributed by atoms with E-state index in [0.29, 0.717) is 12.6 Å². The third-order valence-electron chi connectivity index (χ3n) is 4.94. The molecule has 6 heteroatoms. The number of nitrogens with two attached hydrogens (primary N) is 1. The Bertz CT molecular complexity index is 402. The highest BCUT2D eigenvalue weighted by molar-refractivity contribution is 5.87. The molecule has 0 bridgehead atoms. The molecule has 0 aromatic carbocycles. The van der Waals surface area contributed by atoms with E-state index in [1.54, 1.807) is 0 Å². The first-order chi connectivity index (χ1) is 11.0. The summed E-state index contributed by atoms with van der Waals surface area (Å²) < 4.78 is 5.69. The number of hydrogen-bond acceptors (Lipinski definition) is 4. The average molecular weight is 325 g/mol. The van der Waals surface area contributed by atoms with Crippen LogP contribution in [-0.2, 0) is 14.3 Å². The second kappa shape index (κ2) is 8.64. The van der Waals surface area contributed by atoms with Crippen molar-refractivity contribution in [3.05, 3.63) is 0 Å². The molecule has 1 aliphatic heterocycles. The molecule has 23 heavy (non-hydrogen) atoms. The van der Waals surface area contributed by atoms with Crippen molar-refractivity contribution in [1.29, 1.82) is 0 Å². The Balaban J connectivity index is 1.88. The molecule has 1 saturated carbocycles. The van der Waals surface area contributed by atoms with Crippen LogP contribution < -0.4 is 11.1 Å². The number of nitrogens with one attached hydrogen (secondary N) is 1. The van der Waals surface area contributed by atoms with E-state index in [9.17, 15) is 9.59 Å². The van der Waals surface area contributed by atoms with Gasteiger partial charge in [-0.3, -0.25) is 9.59 Å². The van der Waals surface area contributed by atoms with Crippen molar-refractivity contribution < 1.29 is 14.3 Å². The molecule has 1 aliphatic carbocycles. The first-order valence-corrected chi connectivity index (χ1v) is 8.93. The molecule has 6 nitrogen and oxygen atoms in total. The fourth-order valence-electron chi connectivity index (χ4n) is 3.36. The zero-order valence-electron chi connectivity index (χ0n) is 14.4. The van der Waals surface area contributed by atoms with E-state index < -0.39 is 6.04 Å². The Morgan fingerprint density at radius 1 is 1.22 bits per heavy atom. The SMILES string of the molecule is CC(C)[C@H](N)C(=O)NCC(=O)N(CC1CCCO1)C1CCCC1. The second-order valence-corrected chi connectivity index (χ2v) is 7.11. The summed E-state index contributed by atoms with van der Waals surface area (Å²) in [4.78, 5) is 26.5. The predicted octanol–water partition coefficient (Wildman–Crippen LogP) is 1.04. The van der Waals surface area contributed by atoms with Crippen molar-refractivity contribution in [2.75, 3.05) is 19.7 Å². The van der Waals surface area contributed by atoms with E-state index in [1.165, 1.54) is 12.8 Å². The lowest BCUT2D eigenvalue weighted by Gasteiger charge is -2.31. The number of carbonyl (C=O) groups excluding carboxylic acids is 2. The van der Waals surface area contributed by atoms with Crippen LogP contribution in [-0.4, -0.2) is 54.6 Å². The van der Waals surface area contributed by atoms with Crippen molar-refractivity contribution in [1.82, 2.24) is 10.2 Å². The lowest BCUT2D eigenvalue weighted by atomic mass is 10.1. The fraction of sp³-hybridized carbons (Fsp3) is 0.882. The number of rotatable bonds is 7. The molecule has 0 aromatic rings. The Morgan fingerprint density at radius 3 is 2.48 bits per heavy atom. The van der Waals surface area contributed by atoms with Gasteiger partial charge in [0.2, 0.25) is 11.8 Å². The van der Waals surface area contributed by atoms with Crippen molar-refractivity contribution in [2.24, 2.45) is 11.7 Å². The first kappa shape index (κ1) is 18.2. The third-order valence-corrected chi connectivity index (χ3v) is 4.94. The zero-order chi connectivity index (χ0) is 16.8. The van der Waals surface area contributed by atoms with E-state index in [0.717, 1.165) is 32.3 Å². The molecule has 2 aliphatic rings. The lowest BCUT2D eigenvalue weighted by molar-refractivity contribution is -0.136. The monoisotopic (exact) mass is 325 g/mol. The normalized spacial score (nSPS) is 23.2. The summed E-state index contributed by atoms with van der Waals surface area (Å²) in [5.41, 5.74) is 5.82. The molecule has 132 valence electrons. The van der Waals surface area contributed by atoms with Gasteiger partial charge in [0.05, 0.1) is 18.7 Å². The van der Waals surface area contributed by atoms with Gasteiger partial charge in [0.1, 0.15) is 0 Å². The highest BCUT2D eigenvalue weighted by Gasteiger charge is 2.30. The molecular weight excluding hydrogens is 294 g/mol. The van der Waals surface area contributed by atoms with E-state index in [2.05, 4.69) is 5.32 Å². The lowest BCUT2D eigenvalue weighted by Crippen LogP contribution is -2.51. The number of nitrogens with zero attached hydrogens (tertiary/aromatic N) is 1. The highest BCUT2D eigenvalue weighted by Crippen LogP contribution is 2.25. The van der Waals surface area contributed by atoms with Crippen LogP contribution in [0, 0.1) is 5.92 Å². The number of carbonyl (C=O) groups is 2. The summed E-state index contributed by atoms with van der Waals surface area (Å²) in [6.45, 7) is 5.26. The summed E-state index contributed by atoms with van der Waals surface area (Å²) in [5.74, 6) is -0.212. The van der Waals surface area contributed by atoms with Gasteiger partial charge in [-0.15, -0.1) is 0 Å². The molecule has 2 fully saturated rings. The standard InChI is InChI=1S/C17H31N3O3/c1-12(2)16(18)17(22)19-10-15(21)20(13-6-3-4-7-13)11-14-8-5-9-23-14/h12-14,16H,3-11,18H2,1-2H3,(H,19,22)/t14?,16-/m0/s1. The fourth-order valence-corrected chi connectivity index (χ4v) is 3.36. The van der Waals surface area contributed by atoms with E-state index in [1.807, 2.05) is 18.7 Å². The topological polar surface area (TPSA) is 84.7 Å². The predicted molar refractivity (Wildman–Crippen MR) is 88.8 cm³/mol. The minimum absolute atomic E-state index is 0.0169. The van der Waals surface area contributed by atoms with Crippen LogP contribution in [0.15, 0.2) is 0 Å². The van der Waals surface area contributed by atoms with Gasteiger partial charge in [0.25, 0.3) is 0 Å². The first-order valence-electron chi connectivity index (χ1n) is 8.93. The van der Waals surface area contributed by atoms with Gasteiger partial charge < -0.3 is 20.7 Å². The summed E-state index contributed by atoms with van der Waals surface area (Å²) in [7, 11) is 0. The van der Waals surface area contributed by atoms with Crippen LogP contribution in [0.3, 0.4) is 0 Å². The Labute approximate surface area is 139 Å². The maximum atomic E-state index is 12.6. The molecule has 0 radical (unpaired) electrons. The van der Waals surface area contributed by atoms with E-state index >= 15 is 0 Å². The minimum Gasteiger partial charge on any atom is -0.376 e. The largest absolute Gasteiger partial charge is 0.376 e. The van der Waals surface area contributed by atoms with Gasteiger partial charge in [0, 0.05) is 19.2 Å². The summed E-state index contributed by atoms with van der Waals surface area (Å²) in [6, 6.07) is -0.275. The number of amides is 2. The minimum atomic E-state index is -0.569. The third kappa shape index (κ3) is 5.18. The quantitative estimate of drug-likeness (QED) is 0.732. The molecule has 1 unspecified atom stereocenters. The maximum absolute atomic E-state index is 12.6. The zero-order valence-corrected chi connectivity index (χ0v) is 14.4. The van der Waals surface area contributed by atoms with E-state index in [4.69, 9.17) is 10.5 Å². The molecule has 1 saturated heterocycles. The Morgan fingerprint density at radius 2 is 1.91 bits per heavy atom. The molecule has 0 aromatic heterocycles. The van der Waals surface area contributed by atoms with Crippen molar-refractivity contribution >= 4 is 11.8 Å². The van der Waals surface area contributed by atoms with Crippen LogP contribution in [0.4, 0.5) is 0 Å². The van der Waals surface area contributed by atoms with Crippen LogP contribution in [0.25, 0.3) is 0 Å². The molecular formula is C17H31N3O3. The van der Waals surface area contributed by atoms with E-state index in [-0.39, 0.29) is 30.4 Å². The van der Waals surface area contributed by atoms with Crippen LogP contribution in [0.5, 0.6) is 0 Å². The van der Waals surface area contributed by atoms with Gasteiger partial charge in [-0.05, 0) is 31.6 Å². The molecule has 0 spiro atoms. The van der Waals surface area contributed by atoms with Crippen LogP contribution >= 0.6 is 0 Å². The highest BCUT2D eigenvalue weighted by atomic mass is 16.5.